The summed E-state index contributed by atoms with van der Waals surface area (Å²) in [5.41, 5.74) is 0.928. The molecule has 1 saturated heterocycles. The Kier molecular flexibility index (Phi) is 6.81. The third kappa shape index (κ3) is 4.76. The van der Waals surface area contributed by atoms with Crippen LogP contribution in [0.5, 0.6) is 0 Å². The zero-order valence-electron chi connectivity index (χ0n) is 15.1. The van der Waals surface area contributed by atoms with E-state index >= 15 is 0 Å². The molecule has 0 unspecified atom stereocenters. The lowest BCUT2D eigenvalue weighted by molar-refractivity contribution is -0.133. The van der Waals surface area contributed by atoms with Gasteiger partial charge in [0.25, 0.3) is 6.43 Å². The highest BCUT2D eigenvalue weighted by molar-refractivity contribution is 6.42. The van der Waals surface area contributed by atoms with E-state index in [0.29, 0.717) is 48.5 Å². The van der Waals surface area contributed by atoms with Crippen LogP contribution in [0.3, 0.4) is 0 Å². The number of halogens is 5. The van der Waals surface area contributed by atoms with Crippen LogP contribution in [0, 0.1) is 6.92 Å². The lowest BCUT2D eigenvalue weighted by Crippen LogP contribution is -2.49. The smallest absolute Gasteiger partial charge is 0.283 e. The Morgan fingerprint density at radius 3 is 2.39 bits per heavy atom. The highest BCUT2D eigenvalue weighted by atomic mass is 35.5. The summed E-state index contributed by atoms with van der Waals surface area (Å²) in [6, 6.07) is 5.53. The number of carbonyl (C=O) groups excluding carboxylic acids is 1. The van der Waals surface area contributed by atoms with Crippen molar-refractivity contribution >= 4 is 40.7 Å². The molecule has 152 valence electrons. The van der Waals surface area contributed by atoms with E-state index in [9.17, 15) is 13.6 Å². The molecule has 1 aromatic heterocycles. The first kappa shape index (κ1) is 21.3. The summed E-state index contributed by atoms with van der Waals surface area (Å²) in [6.07, 6.45) is -2.77. The molecule has 1 aromatic carbocycles. The van der Waals surface area contributed by atoms with Crippen molar-refractivity contribution in [2.24, 2.45) is 0 Å². The zero-order valence-corrected chi connectivity index (χ0v) is 17.4. The highest BCUT2D eigenvalue weighted by Gasteiger charge is 2.25. The van der Waals surface area contributed by atoms with Crippen molar-refractivity contribution < 1.29 is 13.6 Å². The lowest BCUT2D eigenvalue weighted by atomic mass is 10.2. The molecule has 0 aliphatic carbocycles. The zero-order chi connectivity index (χ0) is 20.4. The number of amides is 1. The average Bonchev–Trinajstić information content (AvgIpc) is 2.94. The van der Waals surface area contributed by atoms with Crippen molar-refractivity contribution in [2.45, 2.75) is 26.4 Å². The Balaban J connectivity index is 1.55. The summed E-state index contributed by atoms with van der Waals surface area (Å²) in [7, 11) is 0. The summed E-state index contributed by atoms with van der Waals surface area (Å²) < 4.78 is 27.1. The highest BCUT2D eigenvalue weighted by Crippen LogP contribution is 2.28. The molecule has 2 heterocycles. The average molecular weight is 452 g/mol. The Morgan fingerprint density at radius 1 is 1.14 bits per heavy atom. The van der Waals surface area contributed by atoms with E-state index in [1.807, 2.05) is 12.1 Å². The van der Waals surface area contributed by atoms with E-state index in [2.05, 4.69) is 10.00 Å². The van der Waals surface area contributed by atoms with Crippen LogP contribution in [0.4, 0.5) is 8.78 Å². The van der Waals surface area contributed by atoms with Crippen LogP contribution in [-0.2, 0) is 17.9 Å². The van der Waals surface area contributed by atoms with Gasteiger partial charge in [-0.1, -0.05) is 40.9 Å². The van der Waals surface area contributed by atoms with E-state index in [1.165, 1.54) is 4.68 Å². The normalized spacial score (nSPS) is 15.5. The summed E-state index contributed by atoms with van der Waals surface area (Å²) >= 11 is 17.9. The molecule has 0 saturated carbocycles. The van der Waals surface area contributed by atoms with Gasteiger partial charge >= 0.3 is 0 Å². The molecule has 1 aliphatic heterocycles. The van der Waals surface area contributed by atoms with Crippen molar-refractivity contribution in [2.75, 3.05) is 26.2 Å². The van der Waals surface area contributed by atoms with Gasteiger partial charge in [0.2, 0.25) is 5.91 Å². The van der Waals surface area contributed by atoms with Crippen LogP contribution in [0.2, 0.25) is 15.1 Å². The van der Waals surface area contributed by atoms with E-state index < -0.39 is 12.1 Å². The summed E-state index contributed by atoms with van der Waals surface area (Å²) in [6.45, 7) is 4.69. The largest absolute Gasteiger partial charge is 0.339 e. The third-order valence-corrected chi connectivity index (χ3v) is 5.97. The second kappa shape index (κ2) is 8.95. The lowest BCUT2D eigenvalue weighted by Gasteiger charge is -2.34. The maximum atomic E-state index is 12.9. The molecule has 28 heavy (non-hydrogen) atoms. The van der Waals surface area contributed by atoms with Crippen LogP contribution >= 0.6 is 34.8 Å². The molecule has 5 nitrogen and oxygen atoms in total. The standard InChI is InChI=1S/C18H19Cl3F2N4O/c1-11-16(21)17(18(22)23)24-27(11)10-15(28)26-6-4-25(5-7-26)9-12-2-3-13(19)14(20)8-12/h2-3,8,18H,4-7,9-10H2,1H3. The van der Waals surface area contributed by atoms with Crippen LogP contribution in [-0.4, -0.2) is 51.7 Å². The fourth-order valence-electron chi connectivity index (χ4n) is 3.12. The number of aromatic nitrogens is 2. The van der Waals surface area contributed by atoms with Gasteiger partial charge in [0, 0.05) is 32.7 Å². The van der Waals surface area contributed by atoms with Crippen molar-refractivity contribution in [1.29, 1.82) is 0 Å². The minimum atomic E-state index is -2.77. The molecule has 1 amide bonds. The number of alkyl halides is 2. The van der Waals surface area contributed by atoms with Gasteiger partial charge in [-0.15, -0.1) is 0 Å². The summed E-state index contributed by atoms with van der Waals surface area (Å²) in [4.78, 5) is 16.5. The number of hydrogen-bond acceptors (Lipinski definition) is 3. The van der Waals surface area contributed by atoms with Crippen molar-refractivity contribution in [1.82, 2.24) is 19.6 Å². The van der Waals surface area contributed by atoms with Gasteiger partial charge in [0.15, 0.2) is 0 Å². The molecule has 1 fully saturated rings. The van der Waals surface area contributed by atoms with Gasteiger partial charge in [0.05, 0.1) is 20.8 Å². The van der Waals surface area contributed by atoms with Crippen LogP contribution in [0.15, 0.2) is 18.2 Å². The molecule has 2 aromatic rings. The quantitative estimate of drug-likeness (QED) is 0.675. The Hall–Kier alpha value is -1.41. The number of piperazine rings is 1. The van der Waals surface area contributed by atoms with Gasteiger partial charge in [-0.25, -0.2) is 8.78 Å². The van der Waals surface area contributed by atoms with Gasteiger partial charge in [-0.05, 0) is 24.6 Å². The molecule has 3 rings (SSSR count). The Bertz CT molecular complexity index is 867. The number of nitrogens with zero attached hydrogens (tertiary/aromatic N) is 4. The topological polar surface area (TPSA) is 41.4 Å². The maximum absolute atomic E-state index is 12.9. The maximum Gasteiger partial charge on any atom is 0.283 e. The number of rotatable bonds is 5. The van der Waals surface area contributed by atoms with E-state index in [0.717, 1.165) is 5.56 Å². The van der Waals surface area contributed by atoms with Gasteiger partial charge < -0.3 is 4.90 Å². The first-order chi connectivity index (χ1) is 13.3. The fourth-order valence-corrected chi connectivity index (χ4v) is 3.66. The van der Waals surface area contributed by atoms with E-state index in [-0.39, 0.29) is 17.5 Å². The monoisotopic (exact) mass is 450 g/mol. The van der Waals surface area contributed by atoms with E-state index in [1.54, 1.807) is 17.9 Å². The first-order valence-electron chi connectivity index (χ1n) is 8.71. The first-order valence-corrected chi connectivity index (χ1v) is 9.84. The second-order valence-corrected chi connectivity index (χ2v) is 7.84. The van der Waals surface area contributed by atoms with Crippen molar-refractivity contribution in [3.63, 3.8) is 0 Å². The summed E-state index contributed by atoms with van der Waals surface area (Å²) in [5, 5.41) is 4.73. The molecule has 0 spiro atoms. The second-order valence-electron chi connectivity index (χ2n) is 6.65. The Morgan fingerprint density at radius 2 is 1.82 bits per heavy atom. The molecular formula is C18H19Cl3F2N4O. The molecule has 0 radical (unpaired) electrons. The molecular weight excluding hydrogens is 433 g/mol. The van der Waals surface area contributed by atoms with Crippen molar-refractivity contribution in [3.8, 4) is 0 Å². The molecule has 0 atom stereocenters. The van der Waals surface area contributed by atoms with E-state index in [4.69, 9.17) is 34.8 Å². The molecule has 1 aliphatic rings. The predicted molar refractivity (Wildman–Crippen MR) is 105 cm³/mol. The molecule has 0 bridgehead atoms. The van der Waals surface area contributed by atoms with Crippen LogP contribution in [0.25, 0.3) is 0 Å². The Labute approximate surface area is 176 Å². The molecule has 0 N–H and O–H groups in total. The summed E-state index contributed by atoms with van der Waals surface area (Å²) in [5.74, 6) is -0.169. The van der Waals surface area contributed by atoms with Crippen LogP contribution < -0.4 is 0 Å². The minimum absolute atomic E-state index is 0.0887. The number of hydrogen-bond donors (Lipinski definition) is 0. The van der Waals surface area contributed by atoms with Crippen molar-refractivity contribution in [3.05, 3.63) is 50.2 Å². The number of carbonyl (C=O) groups is 1. The van der Waals surface area contributed by atoms with Gasteiger partial charge in [-0.3, -0.25) is 14.4 Å². The van der Waals surface area contributed by atoms with Gasteiger partial charge in [-0.2, -0.15) is 5.10 Å². The SMILES string of the molecule is Cc1c(Cl)c(C(F)F)nn1CC(=O)N1CCN(Cc2ccc(Cl)c(Cl)c2)CC1. The third-order valence-electron chi connectivity index (χ3n) is 4.77. The molecule has 10 heteroatoms. The fraction of sp³-hybridized carbons (Fsp3) is 0.444. The van der Waals surface area contributed by atoms with Crippen LogP contribution in [0.1, 0.15) is 23.4 Å². The predicted octanol–water partition coefficient (Wildman–Crippen LogP) is 4.43. The van der Waals surface area contributed by atoms with Gasteiger partial charge in [0.1, 0.15) is 12.2 Å². The number of benzene rings is 1. The minimum Gasteiger partial charge on any atom is -0.339 e.